The van der Waals surface area contributed by atoms with E-state index < -0.39 is 10.0 Å². The standard InChI is InChI=1S/C11H16Cl2N2O3S/c1-7(3-2-6-16)15-19(17,18)9-5-4-8(12)11(14)10(9)13/h4-5,7,15-16H,2-3,6,14H2,1H3. The molecule has 0 saturated heterocycles. The van der Waals surface area contributed by atoms with Crippen molar-refractivity contribution in [3.8, 4) is 0 Å². The third-order valence-corrected chi connectivity index (χ3v) is 5.01. The van der Waals surface area contributed by atoms with Crippen molar-refractivity contribution in [1.82, 2.24) is 4.72 Å². The van der Waals surface area contributed by atoms with Gasteiger partial charge in [0.25, 0.3) is 0 Å². The molecule has 1 unspecified atom stereocenters. The molecule has 0 bridgehead atoms. The van der Waals surface area contributed by atoms with Gasteiger partial charge in [-0.15, -0.1) is 0 Å². The lowest BCUT2D eigenvalue weighted by atomic mass is 10.2. The quantitative estimate of drug-likeness (QED) is 0.697. The van der Waals surface area contributed by atoms with Gasteiger partial charge in [0, 0.05) is 12.6 Å². The van der Waals surface area contributed by atoms with E-state index in [9.17, 15) is 8.42 Å². The monoisotopic (exact) mass is 326 g/mol. The van der Waals surface area contributed by atoms with Crippen LogP contribution < -0.4 is 10.5 Å². The van der Waals surface area contributed by atoms with Crippen LogP contribution in [0, 0.1) is 0 Å². The number of aliphatic hydroxyl groups is 1. The van der Waals surface area contributed by atoms with Crippen LogP contribution in [0.3, 0.4) is 0 Å². The van der Waals surface area contributed by atoms with Crippen LogP contribution >= 0.6 is 23.2 Å². The van der Waals surface area contributed by atoms with Gasteiger partial charge in [-0.2, -0.15) is 0 Å². The fraction of sp³-hybridized carbons (Fsp3) is 0.455. The lowest BCUT2D eigenvalue weighted by Crippen LogP contribution is -2.33. The summed E-state index contributed by atoms with van der Waals surface area (Å²) in [6.45, 7) is 1.72. The zero-order valence-electron chi connectivity index (χ0n) is 10.4. The number of nitrogen functional groups attached to an aromatic ring is 1. The van der Waals surface area contributed by atoms with Gasteiger partial charge in [0.05, 0.1) is 15.7 Å². The van der Waals surface area contributed by atoms with Gasteiger partial charge in [-0.25, -0.2) is 13.1 Å². The summed E-state index contributed by atoms with van der Waals surface area (Å²) in [5.74, 6) is 0. The Kier molecular flexibility index (Phi) is 5.88. The maximum Gasteiger partial charge on any atom is 0.242 e. The van der Waals surface area contributed by atoms with Crippen molar-refractivity contribution < 1.29 is 13.5 Å². The smallest absolute Gasteiger partial charge is 0.242 e. The average molecular weight is 327 g/mol. The minimum Gasteiger partial charge on any atom is -0.396 e. The first-order chi connectivity index (χ1) is 8.79. The molecule has 108 valence electrons. The molecule has 0 amide bonds. The highest BCUT2D eigenvalue weighted by Crippen LogP contribution is 2.33. The molecule has 8 heteroatoms. The zero-order valence-corrected chi connectivity index (χ0v) is 12.7. The summed E-state index contributed by atoms with van der Waals surface area (Å²) in [5, 5.41) is 8.83. The van der Waals surface area contributed by atoms with Crippen molar-refractivity contribution in [2.45, 2.75) is 30.7 Å². The van der Waals surface area contributed by atoms with Crippen molar-refractivity contribution in [3.05, 3.63) is 22.2 Å². The largest absolute Gasteiger partial charge is 0.396 e. The molecule has 1 rings (SSSR count). The summed E-state index contributed by atoms with van der Waals surface area (Å²) in [5.41, 5.74) is 5.64. The van der Waals surface area contributed by atoms with Crippen LogP contribution in [0.15, 0.2) is 17.0 Å². The van der Waals surface area contributed by atoms with Gasteiger partial charge in [0.1, 0.15) is 4.90 Å². The molecule has 0 radical (unpaired) electrons. The Morgan fingerprint density at radius 2 is 2.05 bits per heavy atom. The molecule has 0 aromatic heterocycles. The normalized spacial score (nSPS) is 13.5. The molecular formula is C11H16Cl2N2O3S. The first kappa shape index (κ1) is 16.5. The molecule has 4 N–H and O–H groups in total. The summed E-state index contributed by atoms with van der Waals surface area (Å²) in [6.07, 6.45) is 1.04. The lowest BCUT2D eigenvalue weighted by Gasteiger charge is -2.15. The van der Waals surface area contributed by atoms with Crippen molar-refractivity contribution in [2.75, 3.05) is 12.3 Å². The lowest BCUT2D eigenvalue weighted by molar-refractivity contribution is 0.279. The molecule has 5 nitrogen and oxygen atoms in total. The minimum absolute atomic E-state index is 0.0146. The van der Waals surface area contributed by atoms with Crippen LogP contribution in [-0.2, 0) is 10.0 Å². The second kappa shape index (κ2) is 6.76. The Morgan fingerprint density at radius 3 is 2.63 bits per heavy atom. The molecule has 0 heterocycles. The molecule has 1 atom stereocenters. The number of hydrogen-bond acceptors (Lipinski definition) is 4. The average Bonchev–Trinajstić information content (AvgIpc) is 2.32. The topological polar surface area (TPSA) is 92.4 Å². The first-order valence-corrected chi connectivity index (χ1v) is 7.90. The van der Waals surface area contributed by atoms with Crippen LogP contribution in [0.1, 0.15) is 19.8 Å². The van der Waals surface area contributed by atoms with Crippen molar-refractivity contribution in [3.63, 3.8) is 0 Å². The fourth-order valence-corrected chi connectivity index (χ4v) is 3.58. The molecule has 0 spiro atoms. The Labute approximate surface area is 122 Å². The Morgan fingerprint density at radius 1 is 1.42 bits per heavy atom. The van der Waals surface area contributed by atoms with E-state index in [2.05, 4.69) is 4.72 Å². The third-order valence-electron chi connectivity index (χ3n) is 2.53. The molecule has 0 aliphatic rings. The molecule has 0 saturated carbocycles. The zero-order chi connectivity index (χ0) is 14.6. The van der Waals surface area contributed by atoms with E-state index in [0.29, 0.717) is 12.8 Å². The molecule has 0 aliphatic carbocycles. The summed E-state index contributed by atoms with van der Waals surface area (Å²) < 4.78 is 26.7. The van der Waals surface area contributed by atoms with Gasteiger partial charge in [-0.1, -0.05) is 23.2 Å². The van der Waals surface area contributed by atoms with Gasteiger partial charge >= 0.3 is 0 Å². The number of nitrogens with two attached hydrogens (primary N) is 1. The van der Waals surface area contributed by atoms with Gasteiger partial charge in [0.2, 0.25) is 10.0 Å². The second-order valence-corrected chi connectivity index (χ2v) is 6.63. The summed E-state index contributed by atoms with van der Waals surface area (Å²) in [4.78, 5) is -0.105. The van der Waals surface area contributed by atoms with E-state index in [0.717, 1.165) is 0 Å². The van der Waals surface area contributed by atoms with Gasteiger partial charge < -0.3 is 10.8 Å². The number of hydrogen-bond donors (Lipinski definition) is 3. The summed E-state index contributed by atoms with van der Waals surface area (Å²) >= 11 is 11.7. The Bertz CT molecular complexity index is 549. The van der Waals surface area contributed by atoms with Crippen LogP contribution in [0.4, 0.5) is 5.69 Å². The van der Waals surface area contributed by atoms with E-state index in [1.54, 1.807) is 6.92 Å². The number of halogens is 2. The van der Waals surface area contributed by atoms with Crippen LogP contribution in [-0.4, -0.2) is 26.2 Å². The molecule has 0 fully saturated rings. The molecule has 0 aliphatic heterocycles. The SMILES string of the molecule is CC(CCCO)NS(=O)(=O)c1ccc(Cl)c(N)c1Cl. The van der Waals surface area contributed by atoms with Gasteiger partial charge in [-0.3, -0.25) is 0 Å². The van der Waals surface area contributed by atoms with Crippen molar-refractivity contribution in [2.24, 2.45) is 0 Å². The number of anilines is 1. The Balaban J connectivity index is 2.98. The third kappa shape index (κ3) is 4.22. The van der Waals surface area contributed by atoms with Gasteiger partial charge in [0.15, 0.2) is 0 Å². The Hall–Kier alpha value is -0.530. The minimum atomic E-state index is -3.76. The number of benzene rings is 1. The van der Waals surface area contributed by atoms with Crippen LogP contribution in [0.2, 0.25) is 10.0 Å². The maximum absolute atomic E-state index is 12.1. The first-order valence-electron chi connectivity index (χ1n) is 5.66. The summed E-state index contributed by atoms with van der Waals surface area (Å²) in [7, 11) is -3.76. The number of nitrogens with one attached hydrogen (secondary N) is 1. The van der Waals surface area contributed by atoms with Crippen molar-refractivity contribution in [1.29, 1.82) is 0 Å². The highest BCUT2D eigenvalue weighted by molar-refractivity contribution is 7.89. The second-order valence-electron chi connectivity index (χ2n) is 4.16. The molecular weight excluding hydrogens is 311 g/mol. The van der Waals surface area contributed by atoms with Crippen LogP contribution in [0.25, 0.3) is 0 Å². The van der Waals surface area contributed by atoms with Gasteiger partial charge in [-0.05, 0) is 31.9 Å². The fourth-order valence-electron chi connectivity index (χ4n) is 1.54. The van der Waals surface area contributed by atoms with E-state index in [1.165, 1.54) is 12.1 Å². The van der Waals surface area contributed by atoms with Crippen molar-refractivity contribution >= 4 is 38.9 Å². The maximum atomic E-state index is 12.1. The molecule has 1 aromatic rings. The van der Waals surface area contributed by atoms with E-state index in [-0.39, 0.29) is 33.3 Å². The predicted molar refractivity (Wildman–Crippen MR) is 77.0 cm³/mol. The van der Waals surface area contributed by atoms with E-state index in [4.69, 9.17) is 34.0 Å². The summed E-state index contributed by atoms with van der Waals surface area (Å²) in [6, 6.07) is 2.38. The van der Waals surface area contributed by atoms with E-state index in [1.807, 2.05) is 0 Å². The molecule has 19 heavy (non-hydrogen) atoms. The number of aliphatic hydroxyl groups excluding tert-OH is 1. The van der Waals surface area contributed by atoms with Crippen LogP contribution in [0.5, 0.6) is 0 Å². The number of sulfonamides is 1. The van der Waals surface area contributed by atoms with E-state index >= 15 is 0 Å². The number of rotatable bonds is 6. The molecule has 1 aromatic carbocycles. The highest BCUT2D eigenvalue weighted by atomic mass is 35.5. The predicted octanol–water partition coefficient (Wildman–Crippen LogP) is 2.01. The highest BCUT2D eigenvalue weighted by Gasteiger charge is 2.22.